The van der Waals surface area contributed by atoms with Crippen molar-refractivity contribution in [3.8, 4) is 0 Å². The number of methoxy groups -OCH3 is 2. The van der Waals surface area contributed by atoms with E-state index in [4.69, 9.17) is 19.9 Å². The fourth-order valence-electron chi connectivity index (χ4n) is 5.01. The molecule has 0 unspecified atom stereocenters. The number of ether oxygens (including phenoxy) is 3. The molecule has 2 rings (SSSR count). The molecule has 0 aromatic carbocycles. The molecule has 2 bridgehead atoms. The molecule has 2 amide bonds. The third kappa shape index (κ3) is 8.94. The standard InChI is InChI=1S/C31H42N2O8/c1-8-10-21-22-13-17(2)14-26(40-7)27(35)19(4)15-20(5)29(41-31(32)38)25(39-6)12-9-11-18(3)30(37)33-23(28(22)36)16-24(21)34/h8-9,11-12,15-17,19,25-27,29,35H,1,10,13-14H2,2-7H3,(H2,32,38)(H,33,37)/b12-9-,18-11+,20-15+/t17-,19+,25-,26+,27-,29+/m1/s1. The number of primary amides is 1. The van der Waals surface area contributed by atoms with Crippen molar-refractivity contribution >= 4 is 23.6 Å². The monoisotopic (exact) mass is 570 g/mol. The highest BCUT2D eigenvalue weighted by Gasteiger charge is 2.33. The smallest absolute Gasteiger partial charge is 0.405 e. The molecule has 1 aliphatic carbocycles. The van der Waals surface area contributed by atoms with Crippen LogP contribution in [0.3, 0.4) is 0 Å². The van der Waals surface area contributed by atoms with Crippen molar-refractivity contribution in [2.24, 2.45) is 17.6 Å². The first-order valence-corrected chi connectivity index (χ1v) is 13.5. The summed E-state index contributed by atoms with van der Waals surface area (Å²) in [6, 6.07) is 0. The number of nitrogens with two attached hydrogens (primary N) is 1. The van der Waals surface area contributed by atoms with Crippen LogP contribution in [0.1, 0.15) is 47.0 Å². The summed E-state index contributed by atoms with van der Waals surface area (Å²) in [6.45, 7) is 10.7. The van der Waals surface area contributed by atoms with E-state index in [1.54, 1.807) is 45.1 Å². The molecule has 2 aliphatic rings. The van der Waals surface area contributed by atoms with Crippen LogP contribution in [0.15, 0.2) is 71.0 Å². The van der Waals surface area contributed by atoms with Gasteiger partial charge in [0.2, 0.25) is 5.78 Å². The second kappa shape index (κ2) is 15.4. The zero-order chi connectivity index (χ0) is 30.9. The maximum atomic E-state index is 13.5. The number of carbonyl (C=O) groups is 4. The lowest BCUT2D eigenvalue weighted by Crippen LogP contribution is -2.37. The summed E-state index contributed by atoms with van der Waals surface area (Å²) in [7, 11) is 2.93. The number of aliphatic hydroxyl groups is 1. The molecule has 0 radical (unpaired) electrons. The molecule has 0 saturated heterocycles. The lowest BCUT2D eigenvalue weighted by molar-refractivity contribution is -0.120. The number of aliphatic hydroxyl groups excluding tert-OH is 1. The van der Waals surface area contributed by atoms with Crippen molar-refractivity contribution in [2.75, 3.05) is 14.2 Å². The van der Waals surface area contributed by atoms with E-state index >= 15 is 0 Å². The van der Waals surface area contributed by atoms with Crippen molar-refractivity contribution < 1.29 is 38.5 Å². The van der Waals surface area contributed by atoms with E-state index in [9.17, 15) is 24.3 Å². The maximum Gasteiger partial charge on any atom is 0.405 e. The summed E-state index contributed by atoms with van der Waals surface area (Å²) in [4.78, 5) is 51.1. The third-order valence-corrected chi connectivity index (χ3v) is 7.26. The third-order valence-electron chi connectivity index (χ3n) is 7.26. The van der Waals surface area contributed by atoms with Gasteiger partial charge in [-0.25, -0.2) is 4.79 Å². The van der Waals surface area contributed by atoms with E-state index in [-0.39, 0.29) is 35.8 Å². The minimum atomic E-state index is -0.997. The molecular formula is C31H42N2O8. The molecule has 41 heavy (non-hydrogen) atoms. The second-order valence-corrected chi connectivity index (χ2v) is 10.5. The van der Waals surface area contributed by atoms with Crippen molar-refractivity contribution in [1.82, 2.24) is 5.32 Å². The summed E-state index contributed by atoms with van der Waals surface area (Å²) in [5, 5.41) is 13.8. The number of allylic oxidation sites excluding steroid dienone is 6. The number of amides is 2. The number of Topliss-reactive ketones (excluding diaryl/α,β-unsaturated/α-hetero) is 1. The molecule has 4 N–H and O–H groups in total. The van der Waals surface area contributed by atoms with Gasteiger partial charge in [-0.15, -0.1) is 6.58 Å². The number of hydrogen-bond acceptors (Lipinski definition) is 8. The highest BCUT2D eigenvalue weighted by Crippen LogP contribution is 2.30. The number of carbonyl (C=O) groups excluding carboxylic acids is 4. The number of nitrogens with one attached hydrogen (secondary N) is 1. The van der Waals surface area contributed by atoms with Crippen LogP contribution >= 0.6 is 0 Å². The molecule has 0 saturated carbocycles. The number of ketones is 2. The van der Waals surface area contributed by atoms with Crippen LogP contribution in [0.25, 0.3) is 0 Å². The first-order chi connectivity index (χ1) is 19.3. The molecule has 224 valence electrons. The van der Waals surface area contributed by atoms with Crippen LogP contribution in [0.2, 0.25) is 0 Å². The Labute approximate surface area is 241 Å². The average Bonchev–Trinajstić information content (AvgIpc) is 2.92. The van der Waals surface area contributed by atoms with Gasteiger partial charge in [0.15, 0.2) is 11.9 Å². The van der Waals surface area contributed by atoms with Crippen LogP contribution in [-0.4, -0.2) is 67.3 Å². The molecule has 0 aromatic rings. The average molecular weight is 571 g/mol. The Hall–Kier alpha value is -3.60. The van der Waals surface area contributed by atoms with Gasteiger partial charge in [-0.1, -0.05) is 44.2 Å². The van der Waals surface area contributed by atoms with Crippen LogP contribution < -0.4 is 11.1 Å². The van der Waals surface area contributed by atoms with Gasteiger partial charge in [-0.3, -0.25) is 14.4 Å². The maximum absolute atomic E-state index is 13.5. The van der Waals surface area contributed by atoms with Gasteiger partial charge in [-0.2, -0.15) is 0 Å². The lowest BCUT2D eigenvalue weighted by Gasteiger charge is -2.30. The van der Waals surface area contributed by atoms with Crippen molar-refractivity contribution in [2.45, 2.75) is 71.4 Å². The number of fused-ring (bicyclic) bond motifs is 2. The van der Waals surface area contributed by atoms with E-state index in [0.717, 1.165) is 6.08 Å². The Morgan fingerprint density at radius 3 is 2.46 bits per heavy atom. The second-order valence-electron chi connectivity index (χ2n) is 10.5. The summed E-state index contributed by atoms with van der Waals surface area (Å²) >= 11 is 0. The lowest BCUT2D eigenvalue weighted by atomic mass is 9.82. The van der Waals surface area contributed by atoms with E-state index in [0.29, 0.717) is 23.1 Å². The van der Waals surface area contributed by atoms with E-state index < -0.39 is 48.1 Å². The van der Waals surface area contributed by atoms with Crippen LogP contribution in [0, 0.1) is 11.8 Å². The van der Waals surface area contributed by atoms with Gasteiger partial charge in [-0.05, 0) is 44.6 Å². The van der Waals surface area contributed by atoms with E-state index in [1.165, 1.54) is 20.3 Å². The van der Waals surface area contributed by atoms with Crippen LogP contribution in [-0.2, 0) is 28.6 Å². The van der Waals surface area contributed by atoms with Crippen molar-refractivity contribution in [3.63, 3.8) is 0 Å². The zero-order valence-corrected chi connectivity index (χ0v) is 24.6. The summed E-state index contributed by atoms with van der Waals surface area (Å²) in [5.74, 6) is -1.97. The fourth-order valence-corrected chi connectivity index (χ4v) is 5.01. The Balaban J connectivity index is 2.62. The molecule has 1 aliphatic heterocycles. The molecule has 10 nitrogen and oxygen atoms in total. The first-order valence-electron chi connectivity index (χ1n) is 13.5. The minimum Gasteiger partial charge on any atom is -0.439 e. The zero-order valence-electron chi connectivity index (χ0n) is 24.6. The van der Waals surface area contributed by atoms with Crippen LogP contribution in [0.4, 0.5) is 4.79 Å². The van der Waals surface area contributed by atoms with Gasteiger partial charge >= 0.3 is 6.09 Å². The normalized spacial score (nSPS) is 32.2. The molecule has 0 spiro atoms. The highest BCUT2D eigenvalue weighted by molar-refractivity contribution is 6.23. The Bertz CT molecular complexity index is 1190. The summed E-state index contributed by atoms with van der Waals surface area (Å²) in [5.41, 5.74) is 6.72. The van der Waals surface area contributed by atoms with Gasteiger partial charge in [0.1, 0.15) is 6.10 Å². The van der Waals surface area contributed by atoms with Crippen molar-refractivity contribution in [1.29, 1.82) is 0 Å². The van der Waals surface area contributed by atoms with E-state index in [2.05, 4.69) is 11.9 Å². The van der Waals surface area contributed by atoms with Crippen LogP contribution in [0.5, 0.6) is 0 Å². The summed E-state index contributed by atoms with van der Waals surface area (Å²) < 4.78 is 16.5. The predicted octanol–water partition coefficient (Wildman–Crippen LogP) is 3.38. The molecule has 1 heterocycles. The predicted molar refractivity (Wildman–Crippen MR) is 154 cm³/mol. The summed E-state index contributed by atoms with van der Waals surface area (Å²) in [6.07, 6.45) is 5.70. The minimum absolute atomic E-state index is 0.105. The molecule has 6 atom stereocenters. The van der Waals surface area contributed by atoms with E-state index in [1.807, 2.05) is 6.92 Å². The first kappa shape index (κ1) is 33.6. The largest absolute Gasteiger partial charge is 0.439 e. The Morgan fingerprint density at radius 2 is 1.88 bits per heavy atom. The topological polar surface area (TPSA) is 154 Å². The molecular weight excluding hydrogens is 528 g/mol. The molecule has 0 aromatic heterocycles. The van der Waals surface area contributed by atoms with Gasteiger partial charge in [0.05, 0.1) is 17.9 Å². The van der Waals surface area contributed by atoms with Gasteiger partial charge in [0.25, 0.3) is 5.91 Å². The van der Waals surface area contributed by atoms with Gasteiger partial charge in [0, 0.05) is 42.9 Å². The quantitative estimate of drug-likeness (QED) is 0.336. The van der Waals surface area contributed by atoms with Crippen molar-refractivity contribution in [3.05, 3.63) is 71.0 Å². The number of rotatable bonds is 5. The Morgan fingerprint density at radius 1 is 1.20 bits per heavy atom. The fraction of sp³-hybridized carbons (Fsp3) is 0.484. The molecule has 0 fully saturated rings. The SMILES string of the molecule is C=CCC1=C2C[C@@H](C)C[C@H](OC)[C@H](O)[C@@H](C)/C=C(\C)[C@H](OC(N)=O)[C@H](OC)/C=C\C=C(/C)C(=O)NC(=CC1=O)C2=O. The highest BCUT2D eigenvalue weighted by atomic mass is 16.6. The Kier molecular flexibility index (Phi) is 12.6. The van der Waals surface area contributed by atoms with Gasteiger partial charge < -0.3 is 30.4 Å². The molecule has 10 heteroatoms. The number of hydrogen-bond donors (Lipinski definition) is 3.